The van der Waals surface area contributed by atoms with Gasteiger partial charge < -0.3 is 15.2 Å². The van der Waals surface area contributed by atoms with Gasteiger partial charge in [0.25, 0.3) is 0 Å². The van der Waals surface area contributed by atoms with Crippen LogP contribution in [0.5, 0.6) is 5.75 Å². The summed E-state index contributed by atoms with van der Waals surface area (Å²) in [7, 11) is 1.58. The number of carbonyl (C=O) groups excluding carboxylic acids is 1. The van der Waals surface area contributed by atoms with Crippen molar-refractivity contribution in [2.45, 2.75) is 13.5 Å². The molecule has 0 saturated carbocycles. The maximum Gasteiger partial charge on any atom is 0.339 e. The lowest BCUT2D eigenvalue weighted by atomic mass is 10.1. The van der Waals surface area contributed by atoms with Gasteiger partial charge in [-0.3, -0.25) is 0 Å². The summed E-state index contributed by atoms with van der Waals surface area (Å²) in [5.74, 6) is 0.181. The van der Waals surface area contributed by atoms with Crippen molar-refractivity contribution in [3.8, 4) is 5.75 Å². The highest BCUT2D eigenvalue weighted by atomic mass is 35.5. The summed E-state index contributed by atoms with van der Waals surface area (Å²) in [6.07, 6.45) is 0. The average Bonchev–Trinajstić information content (AvgIpc) is 2.45. The summed E-state index contributed by atoms with van der Waals surface area (Å²) in [6.45, 7) is 2.08. The summed E-state index contributed by atoms with van der Waals surface area (Å²) >= 11 is 5.98. The van der Waals surface area contributed by atoms with E-state index < -0.39 is 5.97 Å². The van der Waals surface area contributed by atoms with E-state index in [0.717, 1.165) is 11.1 Å². The van der Waals surface area contributed by atoms with E-state index in [9.17, 15) is 4.79 Å². The number of nitrogen functional groups attached to an aromatic ring is 1. The number of hydrogen-bond acceptors (Lipinski definition) is 4. The van der Waals surface area contributed by atoms with Gasteiger partial charge in [0.1, 0.15) is 12.4 Å². The Morgan fingerprint density at radius 2 is 2.00 bits per heavy atom. The minimum absolute atomic E-state index is 0.115. The molecule has 0 amide bonds. The number of esters is 1. The lowest BCUT2D eigenvalue weighted by molar-refractivity contribution is 0.0470. The molecule has 4 nitrogen and oxygen atoms in total. The van der Waals surface area contributed by atoms with Crippen molar-refractivity contribution in [1.82, 2.24) is 0 Å². The number of ether oxygens (including phenoxy) is 2. The smallest absolute Gasteiger partial charge is 0.339 e. The fraction of sp³-hybridized carbons (Fsp3) is 0.188. The Morgan fingerprint density at radius 3 is 2.67 bits per heavy atom. The minimum atomic E-state index is -0.497. The summed E-state index contributed by atoms with van der Waals surface area (Å²) in [4.78, 5) is 12.0. The number of nitrogens with two attached hydrogens (primary N) is 1. The topological polar surface area (TPSA) is 61.5 Å². The molecule has 0 fully saturated rings. The average molecular weight is 306 g/mol. The fourth-order valence-corrected chi connectivity index (χ4v) is 2.20. The van der Waals surface area contributed by atoms with Gasteiger partial charge in [0.15, 0.2) is 0 Å². The Morgan fingerprint density at radius 1 is 1.24 bits per heavy atom. The molecule has 0 spiro atoms. The molecular weight excluding hydrogens is 290 g/mol. The third-order valence-electron chi connectivity index (χ3n) is 3.01. The number of benzene rings is 2. The second-order valence-corrected chi connectivity index (χ2v) is 5.04. The molecule has 5 heteroatoms. The monoisotopic (exact) mass is 305 g/mol. The minimum Gasteiger partial charge on any atom is -0.496 e. The van der Waals surface area contributed by atoms with Gasteiger partial charge >= 0.3 is 5.97 Å². The molecule has 0 saturated heterocycles. The zero-order valence-corrected chi connectivity index (χ0v) is 12.6. The van der Waals surface area contributed by atoms with Crippen molar-refractivity contribution in [3.63, 3.8) is 0 Å². The van der Waals surface area contributed by atoms with Gasteiger partial charge in [0.2, 0.25) is 0 Å². The number of rotatable bonds is 4. The van der Waals surface area contributed by atoms with Crippen molar-refractivity contribution in [3.05, 3.63) is 58.1 Å². The van der Waals surface area contributed by atoms with Crippen molar-refractivity contribution in [2.24, 2.45) is 0 Å². The third kappa shape index (κ3) is 3.67. The Hall–Kier alpha value is -2.20. The van der Waals surface area contributed by atoms with Crippen LogP contribution in [0.1, 0.15) is 21.5 Å². The molecule has 2 aromatic carbocycles. The molecule has 0 aromatic heterocycles. The predicted molar refractivity (Wildman–Crippen MR) is 82.7 cm³/mol. The van der Waals surface area contributed by atoms with Crippen LogP contribution < -0.4 is 10.5 Å². The van der Waals surface area contributed by atoms with Crippen molar-refractivity contribution in [1.29, 1.82) is 0 Å². The van der Waals surface area contributed by atoms with Gasteiger partial charge in [-0.1, -0.05) is 23.2 Å². The van der Waals surface area contributed by atoms with Crippen LogP contribution >= 0.6 is 11.6 Å². The highest BCUT2D eigenvalue weighted by Crippen LogP contribution is 2.23. The predicted octanol–water partition coefficient (Wildman–Crippen LogP) is 3.60. The number of aryl methyl sites for hydroxylation is 1. The maximum atomic E-state index is 12.0. The lowest BCUT2D eigenvalue weighted by Crippen LogP contribution is -2.07. The fourth-order valence-electron chi connectivity index (χ4n) is 1.94. The molecular formula is C16H16ClNO3. The second kappa shape index (κ2) is 6.50. The Balaban J connectivity index is 2.12. The van der Waals surface area contributed by atoms with Crippen LogP contribution in [0.3, 0.4) is 0 Å². The zero-order valence-electron chi connectivity index (χ0n) is 11.9. The Labute approximate surface area is 128 Å². The molecule has 0 heterocycles. The van der Waals surface area contributed by atoms with Crippen LogP contribution in [0.25, 0.3) is 0 Å². The van der Waals surface area contributed by atoms with Crippen LogP contribution in [0.15, 0.2) is 36.4 Å². The normalized spacial score (nSPS) is 10.2. The number of anilines is 1. The van der Waals surface area contributed by atoms with E-state index in [-0.39, 0.29) is 17.2 Å². The molecule has 0 aliphatic rings. The van der Waals surface area contributed by atoms with Crippen molar-refractivity contribution < 1.29 is 14.3 Å². The van der Waals surface area contributed by atoms with Crippen LogP contribution in [0.2, 0.25) is 5.02 Å². The van der Waals surface area contributed by atoms with Gasteiger partial charge in [-0.15, -0.1) is 0 Å². The van der Waals surface area contributed by atoms with E-state index in [1.54, 1.807) is 19.2 Å². The standard InChI is InChI=1S/C16H16ClNO3/c1-10-3-6-15(20-2)11(7-10)9-21-16(19)13-5-4-12(18)8-14(13)17/h3-8H,9,18H2,1-2H3. The summed E-state index contributed by atoms with van der Waals surface area (Å²) in [6, 6.07) is 10.4. The first kappa shape index (κ1) is 15.2. The number of halogens is 1. The van der Waals surface area contributed by atoms with Crippen molar-refractivity contribution >= 4 is 23.3 Å². The first-order valence-electron chi connectivity index (χ1n) is 6.37. The Bertz CT molecular complexity index is 671. The molecule has 110 valence electrons. The molecule has 0 aliphatic carbocycles. The molecule has 0 unspecified atom stereocenters. The molecule has 0 aliphatic heterocycles. The molecule has 2 N–H and O–H groups in total. The third-order valence-corrected chi connectivity index (χ3v) is 3.32. The van der Waals surface area contributed by atoms with E-state index in [1.165, 1.54) is 6.07 Å². The molecule has 0 radical (unpaired) electrons. The molecule has 2 aromatic rings. The summed E-state index contributed by atoms with van der Waals surface area (Å²) in [5, 5.41) is 0.274. The van der Waals surface area contributed by atoms with E-state index in [2.05, 4.69) is 0 Å². The van der Waals surface area contributed by atoms with Crippen molar-refractivity contribution in [2.75, 3.05) is 12.8 Å². The SMILES string of the molecule is COc1ccc(C)cc1COC(=O)c1ccc(N)cc1Cl. The van der Waals surface area contributed by atoms with E-state index >= 15 is 0 Å². The van der Waals surface area contributed by atoms with Gasteiger partial charge in [-0.25, -0.2) is 4.79 Å². The number of hydrogen-bond donors (Lipinski definition) is 1. The largest absolute Gasteiger partial charge is 0.496 e. The second-order valence-electron chi connectivity index (χ2n) is 4.63. The Kier molecular flexibility index (Phi) is 4.70. The molecule has 21 heavy (non-hydrogen) atoms. The van der Waals surface area contributed by atoms with Gasteiger partial charge in [0.05, 0.1) is 17.7 Å². The summed E-state index contributed by atoms with van der Waals surface area (Å²) in [5.41, 5.74) is 8.25. The highest BCUT2D eigenvalue weighted by Gasteiger charge is 2.13. The van der Waals surface area contributed by atoms with E-state index in [4.69, 9.17) is 26.8 Å². The lowest BCUT2D eigenvalue weighted by Gasteiger charge is -2.11. The van der Waals surface area contributed by atoms with Gasteiger partial charge in [-0.05, 0) is 37.3 Å². The number of carbonyl (C=O) groups is 1. The summed E-state index contributed by atoms with van der Waals surface area (Å²) < 4.78 is 10.5. The van der Waals surface area contributed by atoms with Crippen LogP contribution in [0, 0.1) is 6.92 Å². The molecule has 0 atom stereocenters. The van der Waals surface area contributed by atoms with E-state index in [0.29, 0.717) is 11.4 Å². The van der Waals surface area contributed by atoms with Gasteiger partial charge in [0, 0.05) is 11.3 Å². The first-order chi connectivity index (χ1) is 10.0. The molecule has 0 bridgehead atoms. The van der Waals surface area contributed by atoms with E-state index in [1.807, 2.05) is 25.1 Å². The quantitative estimate of drug-likeness (QED) is 0.692. The van der Waals surface area contributed by atoms with Crippen LogP contribution in [-0.2, 0) is 11.3 Å². The highest BCUT2D eigenvalue weighted by molar-refractivity contribution is 6.33. The van der Waals surface area contributed by atoms with Crippen LogP contribution in [-0.4, -0.2) is 13.1 Å². The van der Waals surface area contributed by atoms with Gasteiger partial charge in [-0.2, -0.15) is 0 Å². The first-order valence-corrected chi connectivity index (χ1v) is 6.74. The molecule has 2 rings (SSSR count). The number of methoxy groups -OCH3 is 1. The van der Waals surface area contributed by atoms with Crippen LogP contribution in [0.4, 0.5) is 5.69 Å². The zero-order chi connectivity index (χ0) is 15.4. The maximum absolute atomic E-state index is 12.0.